The first-order chi connectivity index (χ1) is 12.9. The number of nitrogens with zero attached hydrogens (tertiary/aromatic N) is 1. The summed E-state index contributed by atoms with van der Waals surface area (Å²) in [5.41, 5.74) is 0.294. The van der Waals surface area contributed by atoms with Gasteiger partial charge in [-0.3, -0.25) is 9.69 Å². The van der Waals surface area contributed by atoms with Gasteiger partial charge in [0.05, 0.1) is 27.8 Å². The second kappa shape index (κ2) is 6.49. The van der Waals surface area contributed by atoms with E-state index in [4.69, 9.17) is 4.74 Å². The second-order valence-corrected chi connectivity index (χ2v) is 7.15. The molecule has 27 heavy (non-hydrogen) atoms. The molecule has 0 spiro atoms. The third-order valence-electron chi connectivity index (χ3n) is 4.70. The molecule has 6 nitrogen and oxygen atoms in total. The van der Waals surface area contributed by atoms with Gasteiger partial charge in [-0.05, 0) is 40.5 Å². The Hall–Kier alpha value is -2.68. The number of hydrogen-bond donors (Lipinski definition) is 2. The molecule has 0 bridgehead atoms. The lowest BCUT2D eigenvalue weighted by molar-refractivity contribution is -0.120. The average Bonchev–Trinajstić information content (AvgIpc) is 2.73. The first-order valence-corrected chi connectivity index (χ1v) is 8.93. The minimum atomic E-state index is -1.28. The SMILES string of the molecule is O=C(O)NC1CCC(=O)N2c3cc(Br)c(F)cc3Oc3cccc(F)c3C12. The van der Waals surface area contributed by atoms with Crippen LogP contribution in [0.15, 0.2) is 34.8 Å². The van der Waals surface area contributed by atoms with Gasteiger partial charge in [-0.25, -0.2) is 13.6 Å². The van der Waals surface area contributed by atoms with Gasteiger partial charge in [-0.2, -0.15) is 0 Å². The van der Waals surface area contributed by atoms with Crippen molar-refractivity contribution in [3.63, 3.8) is 0 Å². The number of rotatable bonds is 1. The molecule has 9 heteroatoms. The molecule has 0 aliphatic carbocycles. The maximum Gasteiger partial charge on any atom is 0.404 e. The predicted octanol–water partition coefficient (Wildman–Crippen LogP) is 4.34. The number of nitrogens with one attached hydrogen (secondary N) is 1. The third kappa shape index (κ3) is 2.91. The lowest BCUT2D eigenvalue weighted by atomic mass is 9.88. The van der Waals surface area contributed by atoms with E-state index in [-0.39, 0.29) is 46.0 Å². The minimum Gasteiger partial charge on any atom is -0.465 e. The molecule has 2 atom stereocenters. The van der Waals surface area contributed by atoms with Gasteiger partial charge in [0, 0.05) is 12.5 Å². The number of anilines is 1. The molecule has 2 aromatic carbocycles. The standard InChI is InChI=1S/C18H13BrF2N2O4/c19-8-6-12-14(7-10(8)21)27-13-3-1-2-9(20)16(13)17-11(22-18(25)26)4-5-15(24)23(12)17/h1-3,6-7,11,17,22H,4-5H2,(H,25,26). The van der Waals surface area contributed by atoms with Crippen LogP contribution in [0.3, 0.4) is 0 Å². The van der Waals surface area contributed by atoms with Crippen LogP contribution < -0.4 is 15.0 Å². The zero-order valence-corrected chi connectivity index (χ0v) is 15.3. The Morgan fingerprint density at radius 3 is 2.78 bits per heavy atom. The van der Waals surface area contributed by atoms with E-state index in [1.54, 1.807) is 0 Å². The van der Waals surface area contributed by atoms with Crippen molar-refractivity contribution < 1.29 is 28.2 Å². The summed E-state index contributed by atoms with van der Waals surface area (Å²) in [6.45, 7) is 0. The highest BCUT2D eigenvalue weighted by atomic mass is 79.9. The van der Waals surface area contributed by atoms with Crippen LogP contribution in [0.4, 0.5) is 19.3 Å². The summed E-state index contributed by atoms with van der Waals surface area (Å²) in [6.07, 6.45) is -1.02. The Kier molecular flexibility index (Phi) is 4.26. The fourth-order valence-electron chi connectivity index (χ4n) is 3.62. The summed E-state index contributed by atoms with van der Waals surface area (Å²) in [5, 5.41) is 11.6. The van der Waals surface area contributed by atoms with Gasteiger partial charge in [0.1, 0.15) is 17.4 Å². The van der Waals surface area contributed by atoms with E-state index in [0.29, 0.717) is 0 Å². The maximum atomic E-state index is 14.8. The summed E-state index contributed by atoms with van der Waals surface area (Å²) in [4.78, 5) is 25.3. The van der Waals surface area contributed by atoms with Crippen LogP contribution >= 0.6 is 15.9 Å². The van der Waals surface area contributed by atoms with Crippen LogP contribution in [0.2, 0.25) is 0 Å². The van der Waals surface area contributed by atoms with Gasteiger partial charge in [0.15, 0.2) is 5.75 Å². The topological polar surface area (TPSA) is 78.9 Å². The zero-order valence-electron chi connectivity index (χ0n) is 13.7. The van der Waals surface area contributed by atoms with Crippen molar-refractivity contribution in [1.82, 2.24) is 5.32 Å². The normalized spacial score (nSPS) is 20.7. The number of ether oxygens (including phenoxy) is 1. The average molecular weight is 439 g/mol. The first-order valence-electron chi connectivity index (χ1n) is 8.13. The Balaban J connectivity index is 1.99. The smallest absolute Gasteiger partial charge is 0.404 e. The van der Waals surface area contributed by atoms with Crippen molar-refractivity contribution in [2.45, 2.75) is 24.9 Å². The number of fused-ring (bicyclic) bond motifs is 5. The van der Waals surface area contributed by atoms with E-state index in [1.165, 1.54) is 29.2 Å². The molecule has 2 heterocycles. The number of carboxylic acid groups (broad SMARTS) is 1. The summed E-state index contributed by atoms with van der Waals surface area (Å²) < 4.78 is 34.7. The van der Waals surface area contributed by atoms with E-state index in [1.807, 2.05) is 0 Å². The molecule has 140 valence electrons. The Morgan fingerprint density at radius 2 is 2.04 bits per heavy atom. The molecule has 2 aromatic rings. The molecule has 0 saturated carbocycles. The molecule has 1 fully saturated rings. The van der Waals surface area contributed by atoms with Gasteiger partial charge < -0.3 is 15.2 Å². The largest absolute Gasteiger partial charge is 0.465 e. The number of benzene rings is 2. The van der Waals surface area contributed by atoms with Crippen LogP contribution in [0, 0.1) is 11.6 Å². The molecule has 1 saturated heterocycles. The predicted molar refractivity (Wildman–Crippen MR) is 95.0 cm³/mol. The summed E-state index contributed by atoms with van der Waals surface area (Å²) in [5.74, 6) is -1.41. The highest BCUT2D eigenvalue weighted by Crippen LogP contribution is 2.49. The van der Waals surface area contributed by atoms with Crippen LogP contribution in [0.1, 0.15) is 24.4 Å². The van der Waals surface area contributed by atoms with Crippen molar-refractivity contribution >= 4 is 33.6 Å². The Morgan fingerprint density at radius 1 is 1.26 bits per heavy atom. The molecular formula is C18H13BrF2N2O4. The molecule has 2 unspecified atom stereocenters. The number of piperidine rings is 1. The number of halogens is 3. The molecule has 0 aromatic heterocycles. The quantitative estimate of drug-likeness (QED) is 0.693. The third-order valence-corrected chi connectivity index (χ3v) is 5.30. The van der Waals surface area contributed by atoms with Crippen molar-refractivity contribution in [1.29, 1.82) is 0 Å². The van der Waals surface area contributed by atoms with E-state index in [0.717, 1.165) is 6.07 Å². The summed E-state index contributed by atoms with van der Waals surface area (Å²) in [6, 6.07) is 4.92. The van der Waals surface area contributed by atoms with Crippen molar-refractivity contribution in [2.24, 2.45) is 0 Å². The van der Waals surface area contributed by atoms with Gasteiger partial charge in [-0.1, -0.05) is 6.07 Å². The van der Waals surface area contributed by atoms with Crippen LogP contribution in [0.25, 0.3) is 0 Å². The fraction of sp³-hybridized carbons (Fsp3) is 0.222. The van der Waals surface area contributed by atoms with E-state index < -0.39 is 29.8 Å². The van der Waals surface area contributed by atoms with E-state index >= 15 is 0 Å². The van der Waals surface area contributed by atoms with Crippen molar-refractivity contribution in [2.75, 3.05) is 4.90 Å². The first kappa shape index (κ1) is 17.7. The Labute approximate surface area is 160 Å². The molecule has 0 radical (unpaired) electrons. The highest BCUT2D eigenvalue weighted by Gasteiger charge is 2.44. The summed E-state index contributed by atoms with van der Waals surface area (Å²) in [7, 11) is 0. The number of amides is 2. The lowest BCUT2D eigenvalue weighted by Gasteiger charge is -2.40. The fourth-order valence-corrected chi connectivity index (χ4v) is 3.95. The molecule has 2 aliphatic rings. The number of hydrogen-bond acceptors (Lipinski definition) is 3. The van der Waals surface area contributed by atoms with Gasteiger partial charge in [-0.15, -0.1) is 0 Å². The van der Waals surface area contributed by atoms with Crippen molar-refractivity contribution in [3.8, 4) is 11.5 Å². The molecule has 4 rings (SSSR count). The highest BCUT2D eigenvalue weighted by molar-refractivity contribution is 9.10. The van der Waals surface area contributed by atoms with E-state index in [9.17, 15) is 23.5 Å². The minimum absolute atomic E-state index is 0.0503. The maximum absolute atomic E-state index is 14.8. The molecule has 2 aliphatic heterocycles. The van der Waals surface area contributed by atoms with Gasteiger partial charge >= 0.3 is 6.09 Å². The molecule has 2 amide bonds. The zero-order chi connectivity index (χ0) is 19.3. The van der Waals surface area contributed by atoms with E-state index in [2.05, 4.69) is 21.2 Å². The lowest BCUT2D eigenvalue weighted by Crippen LogP contribution is -2.52. The van der Waals surface area contributed by atoms with Crippen LogP contribution in [0.5, 0.6) is 11.5 Å². The Bertz CT molecular complexity index is 969. The molecule has 2 N–H and O–H groups in total. The van der Waals surface area contributed by atoms with Gasteiger partial charge in [0.25, 0.3) is 0 Å². The van der Waals surface area contributed by atoms with Crippen LogP contribution in [-0.4, -0.2) is 23.1 Å². The monoisotopic (exact) mass is 438 g/mol. The summed E-state index contributed by atoms with van der Waals surface area (Å²) >= 11 is 3.09. The molecular weight excluding hydrogens is 426 g/mol. The second-order valence-electron chi connectivity index (χ2n) is 6.29. The number of carbonyl (C=O) groups is 2. The number of carbonyl (C=O) groups excluding carboxylic acids is 1. The van der Waals surface area contributed by atoms with Crippen molar-refractivity contribution in [3.05, 3.63) is 52.0 Å². The van der Waals surface area contributed by atoms with Gasteiger partial charge in [0.2, 0.25) is 5.91 Å². The van der Waals surface area contributed by atoms with Crippen LogP contribution in [-0.2, 0) is 4.79 Å².